The molecule has 0 spiro atoms. The van der Waals surface area contributed by atoms with Gasteiger partial charge in [-0.05, 0) is 44.2 Å². The molecule has 0 unspecified atom stereocenters. The second-order valence-electron chi connectivity index (χ2n) is 8.31. The molecule has 3 aliphatic rings. The monoisotopic (exact) mass is 384 g/mol. The predicted octanol–water partition coefficient (Wildman–Crippen LogP) is 2.75. The molecular formula is C18H29BrN2O2. The lowest BCUT2D eigenvalue weighted by Crippen LogP contribution is -2.52. The summed E-state index contributed by atoms with van der Waals surface area (Å²) in [5.74, 6) is 0.274. The number of hydrogen-bond acceptors (Lipinski definition) is 3. The zero-order valence-corrected chi connectivity index (χ0v) is 16.2. The number of piperidine rings is 1. The Hall–Kier alpha value is -0.420. The van der Waals surface area contributed by atoms with Crippen molar-refractivity contribution in [2.24, 2.45) is 16.2 Å². The quantitative estimate of drug-likeness (QED) is 0.758. The summed E-state index contributed by atoms with van der Waals surface area (Å²) in [4.78, 5) is 27.8. The van der Waals surface area contributed by atoms with E-state index in [4.69, 9.17) is 0 Å². The van der Waals surface area contributed by atoms with Crippen LogP contribution in [0.4, 0.5) is 0 Å². The number of fused-ring (bicyclic) bond motifs is 2. The molecule has 0 aromatic heterocycles. The maximum atomic E-state index is 13.1. The van der Waals surface area contributed by atoms with Crippen molar-refractivity contribution in [3.63, 3.8) is 0 Å². The zero-order chi connectivity index (χ0) is 16.9. The summed E-state index contributed by atoms with van der Waals surface area (Å²) in [6, 6.07) is 0. The van der Waals surface area contributed by atoms with Crippen LogP contribution in [0.5, 0.6) is 0 Å². The van der Waals surface area contributed by atoms with Crippen molar-refractivity contribution in [1.82, 2.24) is 10.2 Å². The first-order valence-electron chi connectivity index (χ1n) is 8.96. The summed E-state index contributed by atoms with van der Waals surface area (Å²) in [7, 11) is 0. The fourth-order valence-electron chi connectivity index (χ4n) is 5.12. The van der Waals surface area contributed by atoms with Crippen LogP contribution in [0.3, 0.4) is 0 Å². The van der Waals surface area contributed by atoms with Gasteiger partial charge in [-0.15, -0.1) is 0 Å². The molecule has 3 rings (SSSR count). The van der Waals surface area contributed by atoms with Gasteiger partial charge in [-0.2, -0.15) is 0 Å². The van der Waals surface area contributed by atoms with Gasteiger partial charge in [0.2, 0.25) is 5.91 Å². The minimum atomic E-state index is -0.596. The molecule has 1 heterocycles. The highest BCUT2D eigenvalue weighted by molar-refractivity contribution is 9.10. The van der Waals surface area contributed by atoms with Crippen molar-refractivity contribution < 1.29 is 9.59 Å². The summed E-state index contributed by atoms with van der Waals surface area (Å²) >= 11 is 3.58. The van der Waals surface area contributed by atoms with Crippen molar-refractivity contribution in [3.05, 3.63) is 0 Å². The molecule has 3 fully saturated rings. The molecule has 3 atom stereocenters. The number of amides is 1. The van der Waals surface area contributed by atoms with Gasteiger partial charge in [-0.25, -0.2) is 0 Å². The minimum absolute atomic E-state index is 0.0657. The van der Waals surface area contributed by atoms with E-state index in [2.05, 4.69) is 40.0 Å². The Kier molecular flexibility index (Phi) is 4.41. The zero-order valence-electron chi connectivity index (χ0n) is 14.6. The fraction of sp³-hybridized carbons (Fsp3) is 0.889. The highest BCUT2D eigenvalue weighted by Gasteiger charge is 2.76. The Morgan fingerprint density at radius 1 is 1.22 bits per heavy atom. The first kappa shape index (κ1) is 17.4. The highest BCUT2D eigenvalue weighted by Crippen LogP contribution is 2.72. The SMILES string of the molecule is CC1(C)[C@]2(C)CC[C@@]1(C(=O)NCCN1CCCCC1)[C@@H](Br)C2=O. The lowest BCUT2D eigenvalue weighted by Gasteiger charge is -2.39. The number of hydrogen-bond donors (Lipinski definition) is 1. The van der Waals surface area contributed by atoms with Crippen LogP contribution in [0.2, 0.25) is 0 Å². The van der Waals surface area contributed by atoms with E-state index in [1.54, 1.807) is 0 Å². The van der Waals surface area contributed by atoms with Gasteiger partial charge in [-0.3, -0.25) is 9.59 Å². The van der Waals surface area contributed by atoms with E-state index in [-0.39, 0.29) is 27.3 Å². The maximum absolute atomic E-state index is 13.1. The lowest BCUT2D eigenvalue weighted by molar-refractivity contribution is -0.136. The molecule has 2 aliphatic carbocycles. The number of halogens is 1. The minimum Gasteiger partial charge on any atom is -0.354 e. The largest absolute Gasteiger partial charge is 0.354 e. The van der Waals surface area contributed by atoms with Crippen molar-refractivity contribution in [1.29, 1.82) is 0 Å². The number of nitrogens with zero attached hydrogens (tertiary/aromatic N) is 1. The Morgan fingerprint density at radius 3 is 2.43 bits per heavy atom. The average Bonchev–Trinajstić information content (AvgIpc) is 2.80. The molecule has 1 aliphatic heterocycles. The molecular weight excluding hydrogens is 356 g/mol. The van der Waals surface area contributed by atoms with Crippen LogP contribution in [0.1, 0.15) is 52.9 Å². The molecule has 2 bridgehead atoms. The van der Waals surface area contributed by atoms with E-state index < -0.39 is 5.41 Å². The van der Waals surface area contributed by atoms with Crippen LogP contribution in [-0.4, -0.2) is 47.6 Å². The molecule has 5 heteroatoms. The van der Waals surface area contributed by atoms with Crippen molar-refractivity contribution in [3.8, 4) is 0 Å². The third kappa shape index (κ3) is 2.25. The third-order valence-electron chi connectivity index (χ3n) is 7.29. The highest BCUT2D eigenvalue weighted by atomic mass is 79.9. The van der Waals surface area contributed by atoms with Gasteiger partial charge in [0, 0.05) is 18.5 Å². The topological polar surface area (TPSA) is 49.4 Å². The number of likely N-dealkylation sites (tertiary alicyclic amines) is 1. The van der Waals surface area contributed by atoms with E-state index in [1.165, 1.54) is 19.3 Å². The summed E-state index contributed by atoms with van der Waals surface area (Å²) < 4.78 is 0. The van der Waals surface area contributed by atoms with Crippen molar-refractivity contribution in [2.45, 2.75) is 57.7 Å². The van der Waals surface area contributed by atoms with E-state index in [1.807, 2.05) is 6.92 Å². The standard InChI is InChI=1S/C18H29BrN2O2/c1-16(2)17(3)7-8-18(16,13(19)14(17)22)15(23)20-9-12-21-10-5-4-6-11-21/h13H,4-12H2,1-3H3,(H,20,23)/t13-,17+,18-/m0/s1. The Balaban J connectivity index is 1.67. The maximum Gasteiger partial charge on any atom is 0.228 e. The molecule has 23 heavy (non-hydrogen) atoms. The Morgan fingerprint density at radius 2 is 1.87 bits per heavy atom. The van der Waals surface area contributed by atoms with Gasteiger partial charge in [0.05, 0.1) is 10.2 Å². The molecule has 1 N–H and O–H groups in total. The molecule has 4 nitrogen and oxygen atoms in total. The molecule has 0 aromatic rings. The molecule has 1 amide bonds. The summed E-state index contributed by atoms with van der Waals surface area (Å²) in [6.07, 6.45) is 5.47. The number of alkyl halides is 1. The number of ketones is 1. The molecule has 0 radical (unpaired) electrons. The van der Waals surface area contributed by atoms with Gasteiger partial charge < -0.3 is 10.2 Å². The van der Waals surface area contributed by atoms with Crippen LogP contribution in [0.15, 0.2) is 0 Å². The third-order valence-corrected chi connectivity index (χ3v) is 8.49. The normalized spacial score (nSPS) is 39.7. The number of carbonyl (C=O) groups is 2. The van der Waals surface area contributed by atoms with E-state index >= 15 is 0 Å². The van der Waals surface area contributed by atoms with Gasteiger partial charge in [0.1, 0.15) is 0 Å². The molecule has 130 valence electrons. The van der Waals surface area contributed by atoms with Gasteiger partial charge >= 0.3 is 0 Å². The van der Waals surface area contributed by atoms with Crippen LogP contribution >= 0.6 is 15.9 Å². The van der Waals surface area contributed by atoms with E-state index in [0.29, 0.717) is 6.54 Å². The molecule has 2 saturated carbocycles. The summed E-state index contributed by atoms with van der Waals surface area (Å²) in [5.41, 5.74) is -1.29. The van der Waals surface area contributed by atoms with Crippen molar-refractivity contribution in [2.75, 3.05) is 26.2 Å². The van der Waals surface area contributed by atoms with Crippen LogP contribution in [0.25, 0.3) is 0 Å². The van der Waals surface area contributed by atoms with Crippen LogP contribution in [0, 0.1) is 16.2 Å². The Labute approximate surface area is 147 Å². The van der Waals surface area contributed by atoms with E-state index in [9.17, 15) is 9.59 Å². The average molecular weight is 385 g/mol. The summed E-state index contributed by atoms with van der Waals surface area (Å²) in [5, 5.41) is 3.15. The van der Waals surface area contributed by atoms with Crippen LogP contribution in [-0.2, 0) is 9.59 Å². The first-order chi connectivity index (χ1) is 10.8. The van der Waals surface area contributed by atoms with Crippen molar-refractivity contribution >= 4 is 27.6 Å². The predicted molar refractivity (Wildman–Crippen MR) is 94.6 cm³/mol. The lowest BCUT2D eigenvalue weighted by atomic mass is 9.64. The number of nitrogens with one attached hydrogen (secondary N) is 1. The molecule has 1 saturated heterocycles. The smallest absolute Gasteiger partial charge is 0.228 e. The second kappa shape index (κ2) is 5.83. The van der Waals surface area contributed by atoms with Gasteiger partial charge in [0.25, 0.3) is 0 Å². The number of carbonyl (C=O) groups excluding carboxylic acids is 2. The number of rotatable bonds is 4. The van der Waals surface area contributed by atoms with Gasteiger partial charge in [0.15, 0.2) is 5.78 Å². The number of Topliss-reactive ketones (excluding diaryl/α,β-unsaturated/α-hetero) is 1. The van der Waals surface area contributed by atoms with E-state index in [0.717, 1.165) is 32.5 Å². The fourth-order valence-corrected chi connectivity index (χ4v) is 6.64. The summed E-state index contributed by atoms with van der Waals surface area (Å²) in [6.45, 7) is 10.1. The molecule has 0 aromatic carbocycles. The van der Waals surface area contributed by atoms with Gasteiger partial charge in [-0.1, -0.05) is 43.1 Å². The Bertz CT molecular complexity index is 515. The second-order valence-corrected chi connectivity index (χ2v) is 9.23. The first-order valence-corrected chi connectivity index (χ1v) is 9.88. The van der Waals surface area contributed by atoms with Crippen LogP contribution < -0.4 is 5.32 Å².